The van der Waals surface area contributed by atoms with Crippen molar-refractivity contribution in [1.29, 1.82) is 0 Å². The van der Waals surface area contributed by atoms with E-state index in [9.17, 15) is 0 Å². The van der Waals surface area contributed by atoms with E-state index in [4.69, 9.17) is 0 Å². The van der Waals surface area contributed by atoms with Gasteiger partial charge in [-0.3, -0.25) is 0 Å². The van der Waals surface area contributed by atoms with Crippen LogP contribution in [0.4, 0.5) is 5.82 Å². The monoisotopic (exact) mass is 287 g/mol. The van der Waals surface area contributed by atoms with Crippen LogP contribution in [-0.4, -0.2) is 39.7 Å². The molecular weight excluding hydrogens is 262 g/mol. The topological polar surface area (TPSA) is 46.0 Å². The summed E-state index contributed by atoms with van der Waals surface area (Å²) in [5, 5.41) is 3.57. The number of rotatable bonds is 4. The molecular formula is C16H25N5. The maximum absolute atomic E-state index is 4.64. The van der Waals surface area contributed by atoms with Crippen LogP contribution in [0.1, 0.15) is 33.1 Å². The van der Waals surface area contributed by atoms with Crippen molar-refractivity contribution in [2.45, 2.75) is 45.2 Å². The summed E-state index contributed by atoms with van der Waals surface area (Å²) >= 11 is 0. The average molecular weight is 287 g/mol. The third-order valence-electron chi connectivity index (χ3n) is 4.28. The molecule has 1 aliphatic heterocycles. The first-order valence-corrected chi connectivity index (χ1v) is 7.93. The number of hydrogen-bond donors (Lipinski definition) is 1. The van der Waals surface area contributed by atoms with Gasteiger partial charge in [-0.1, -0.05) is 13.8 Å². The molecule has 0 saturated carbocycles. The molecule has 2 aromatic heterocycles. The van der Waals surface area contributed by atoms with Gasteiger partial charge in [0, 0.05) is 38.4 Å². The van der Waals surface area contributed by atoms with Crippen LogP contribution in [0.3, 0.4) is 0 Å². The van der Waals surface area contributed by atoms with Gasteiger partial charge in [-0.25, -0.2) is 9.97 Å². The number of nitrogens with one attached hydrogen (secondary N) is 1. The van der Waals surface area contributed by atoms with E-state index in [1.807, 2.05) is 25.6 Å². The van der Waals surface area contributed by atoms with Crippen molar-refractivity contribution in [1.82, 2.24) is 19.9 Å². The fourth-order valence-electron chi connectivity index (χ4n) is 3.12. The average Bonchev–Trinajstić information content (AvgIpc) is 2.87. The highest BCUT2D eigenvalue weighted by atomic mass is 15.2. The Bertz CT molecular complexity index is 604. The predicted octanol–water partition coefficient (Wildman–Crippen LogP) is 2.33. The molecule has 0 amide bonds. The molecule has 1 fully saturated rings. The molecule has 2 aromatic rings. The Kier molecular flexibility index (Phi) is 4.10. The Balaban J connectivity index is 1.91. The van der Waals surface area contributed by atoms with Crippen LogP contribution in [0, 0.1) is 0 Å². The highest BCUT2D eigenvalue weighted by molar-refractivity contribution is 5.86. The van der Waals surface area contributed by atoms with Crippen LogP contribution >= 0.6 is 0 Å². The SMILES string of the molecule is CC(C)NCC1CCCCN1c1nccc2c1ncn2C. The van der Waals surface area contributed by atoms with Gasteiger partial charge in [0.15, 0.2) is 5.82 Å². The zero-order valence-electron chi connectivity index (χ0n) is 13.2. The largest absolute Gasteiger partial charge is 0.351 e. The van der Waals surface area contributed by atoms with Crippen molar-refractivity contribution >= 4 is 16.9 Å². The third-order valence-corrected chi connectivity index (χ3v) is 4.28. The minimum absolute atomic E-state index is 0.515. The summed E-state index contributed by atoms with van der Waals surface area (Å²) in [7, 11) is 2.03. The molecule has 5 nitrogen and oxygen atoms in total. The van der Waals surface area contributed by atoms with Crippen LogP contribution in [0.15, 0.2) is 18.6 Å². The minimum atomic E-state index is 0.515. The Morgan fingerprint density at radius 2 is 2.19 bits per heavy atom. The van der Waals surface area contributed by atoms with Crippen LogP contribution in [0.5, 0.6) is 0 Å². The Morgan fingerprint density at radius 1 is 1.33 bits per heavy atom. The Hall–Kier alpha value is -1.62. The highest BCUT2D eigenvalue weighted by Gasteiger charge is 2.25. The number of nitrogens with zero attached hydrogens (tertiary/aromatic N) is 4. The highest BCUT2D eigenvalue weighted by Crippen LogP contribution is 2.28. The van der Waals surface area contributed by atoms with Gasteiger partial charge in [0.25, 0.3) is 0 Å². The number of pyridine rings is 1. The van der Waals surface area contributed by atoms with E-state index in [2.05, 4.69) is 38.6 Å². The van der Waals surface area contributed by atoms with Gasteiger partial charge < -0.3 is 14.8 Å². The summed E-state index contributed by atoms with van der Waals surface area (Å²) in [5.74, 6) is 1.04. The number of piperidine rings is 1. The summed E-state index contributed by atoms with van der Waals surface area (Å²) < 4.78 is 2.06. The Labute approximate surface area is 126 Å². The van der Waals surface area contributed by atoms with E-state index >= 15 is 0 Å². The van der Waals surface area contributed by atoms with Gasteiger partial charge in [0.1, 0.15) is 5.52 Å². The number of hydrogen-bond acceptors (Lipinski definition) is 4. The zero-order valence-corrected chi connectivity index (χ0v) is 13.2. The van der Waals surface area contributed by atoms with Crippen LogP contribution < -0.4 is 10.2 Å². The van der Waals surface area contributed by atoms with E-state index in [1.54, 1.807) is 0 Å². The minimum Gasteiger partial charge on any atom is -0.351 e. The van der Waals surface area contributed by atoms with E-state index in [1.165, 1.54) is 19.3 Å². The molecule has 1 N–H and O–H groups in total. The molecule has 0 aliphatic carbocycles. The van der Waals surface area contributed by atoms with Crippen molar-refractivity contribution in [3.63, 3.8) is 0 Å². The molecule has 3 heterocycles. The van der Waals surface area contributed by atoms with E-state index in [0.29, 0.717) is 12.1 Å². The summed E-state index contributed by atoms with van der Waals surface area (Å²) in [5.41, 5.74) is 2.18. The molecule has 3 rings (SSSR count). The third kappa shape index (κ3) is 2.88. The fraction of sp³-hybridized carbons (Fsp3) is 0.625. The maximum Gasteiger partial charge on any atom is 0.157 e. The van der Waals surface area contributed by atoms with Gasteiger partial charge in [0.05, 0.1) is 11.8 Å². The summed E-state index contributed by atoms with van der Waals surface area (Å²) in [6.07, 6.45) is 7.55. The molecule has 0 radical (unpaired) electrons. The Morgan fingerprint density at radius 3 is 3.00 bits per heavy atom. The maximum atomic E-state index is 4.64. The first-order valence-electron chi connectivity index (χ1n) is 7.93. The summed E-state index contributed by atoms with van der Waals surface area (Å²) in [6.45, 7) is 6.49. The number of anilines is 1. The molecule has 0 spiro atoms. The van der Waals surface area contributed by atoms with Gasteiger partial charge in [-0.15, -0.1) is 0 Å². The normalized spacial score (nSPS) is 19.6. The number of fused-ring (bicyclic) bond motifs is 1. The second kappa shape index (κ2) is 6.02. The molecule has 0 aromatic carbocycles. The second-order valence-electron chi connectivity index (χ2n) is 6.26. The van der Waals surface area contributed by atoms with Crippen molar-refractivity contribution in [3.8, 4) is 0 Å². The smallest absolute Gasteiger partial charge is 0.157 e. The molecule has 1 aliphatic rings. The first-order chi connectivity index (χ1) is 10.2. The summed E-state index contributed by atoms with van der Waals surface area (Å²) in [6, 6.07) is 3.07. The lowest BCUT2D eigenvalue weighted by molar-refractivity contribution is 0.419. The van der Waals surface area contributed by atoms with Crippen molar-refractivity contribution in [2.24, 2.45) is 7.05 Å². The fourth-order valence-corrected chi connectivity index (χ4v) is 3.12. The van der Waals surface area contributed by atoms with Crippen LogP contribution in [-0.2, 0) is 7.05 Å². The molecule has 5 heteroatoms. The lowest BCUT2D eigenvalue weighted by atomic mass is 10.0. The van der Waals surface area contributed by atoms with Crippen LogP contribution in [0.2, 0.25) is 0 Å². The molecule has 114 valence electrons. The molecule has 21 heavy (non-hydrogen) atoms. The first kappa shape index (κ1) is 14.3. The van der Waals surface area contributed by atoms with E-state index in [0.717, 1.165) is 29.9 Å². The molecule has 1 unspecified atom stereocenters. The zero-order chi connectivity index (χ0) is 14.8. The molecule has 1 saturated heterocycles. The van der Waals surface area contributed by atoms with Gasteiger partial charge in [-0.05, 0) is 25.3 Å². The van der Waals surface area contributed by atoms with E-state index < -0.39 is 0 Å². The quantitative estimate of drug-likeness (QED) is 0.937. The van der Waals surface area contributed by atoms with Gasteiger partial charge in [-0.2, -0.15) is 0 Å². The number of aromatic nitrogens is 3. The van der Waals surface area contributed by atoms with Crippen LogP contribution in [0.25, 0.3) is 11.0 Å². The molecule has 1 atom stereocenters. The van der Waals surface area contributed by atoms with Crippen molar-refractivity contribution in [3.05, 3.63) is 18.6 Å². The standard InChI is InChI=1S/C16H25N5/c1-12(2)18-10-13-6-4-5-9-21(13)16-15-14(7-8-17-16)20(3)11-19-15/h7-8,11-13,18H,4-6,9-10H2,1-3H3. The lowest BCUT2D eigenvalue weighted by Gasteiger charge is -2.37. The van der Waals surface area contributed by atoms with Crippen molar-refractivity contribution in [2.75, 3.05) is 18.0 Å². The summed E-state index contributed by atoms with van der Waals surface area (Å²) in [4.78, 5) is 11.7. The second-order valence-corrected chi connectivity index (χ2v) is 6.26. The number of imidazole rings is 1. The predicted molar refractivity (Wildman–Crippen MR) is 86.6 cm³/mol. The van der Waals surface area contributed by atoms with Gasteiger partial charge in [0.2, 0.25) is 0 Å². The van der Waals surface area contributed by atoms with Gasteiger partial charge >= 0.3 is 0 Å². The number of aryl methyl sites for hydroxylation is 1. The van der Waals surface area contributed by atoms with Crippen molar-refractivity contribution < 1.29 is 0 Å². The van der Waals surface area contributed by atoms with E-state index in [-0.39, 0.29) is 0 Å². The lowest BCUT2D eigenvalue weighted by Crippen LogP contribution is -2.47. The molecule has 0 bridgehead atoms.